The lowest BCUT2D eigenvalue weighted by molar-refractivity contribution is -0.121. The summed E-state index contributed by atoms with van der Waals surface area (Å²) in [5, 5.41) is 10.9. The minimum Gasteiger partial charge on any atom is -0.355 e. The monoisotopic (exact) mass is 384 g/mol. The number of likely N-dealkylation sites (N-methyl/N-ethyl adjacent to an activating group) is 1. The number of hydrogen-bond donors (Lipinski definition) is 1. The molecule has 0 radical (unpaired) electrons. The molecule has 27 heavy (non-hydrogen) atoms. The first-order chi connectivity index (χ1) is 13.1. The van der Waals surface area contributed by atoms with E-state index in [0.717, 1.165) is 12.0 Å². The number of aryl methyl sites for hydroxylation is 1. The highest BCUT2D eigenvalue weighted by Crippen LogP contribution is 2.19. The van der Waals surface area contributed by atoms with E-state index in [9.17, 15) is 4.79 Å². The van der Waals surface area contributed by atoms with Crippen molar-refractivity contribution in [3.8, 4) is 11.4 Å². The van der Waals surface area contributed by atoms with E-state index in [0.29, 0.717) is 31.1 Å². The van der Waals surface area contributed by atoms with Gasteiger partial charge >= 0.3 is 0 Å². The molecule has 3 aromatic rings. The molecule has 1 unspecified atom stereocenters. The molecule has 0 bridgehead atoms. The number of amides is 1. The molecule has 0 saturated heterocycles. The number of thiophene rings is 1. The summed E-state index contributed by atoms with van der Waals surface area (Å²) in [6.45, 7) is 0.602. The van der Waals surface area contributed by atoms with Gasteiger partial charge in [0.1, 0.15) is 0 Å². The maximum atomic E-state index is 12.2. The first-order valence-corrected chi connectivity index (χ1v) is 9.88. The molecule has 0 spiro atoms. The Bertz CT molecular complexity index is 831. The number of benzene rings is 1. The quantitative estimate of drug-likeness (QED) is 0.614. The third-order valence-electron chi connectivity index (χ3n) is 4.39. The maximum Gasteiger partial charge on any atom is 0.227 e. The average molecular weight is 385 g/mol. The molecule has 1 atom stereocenters. The second-order valence-corrected chi connectivity index (χ2v) is 7.42. The second-order valence-electron chi connectivity index (χ2n) is 6.63. The van der Waals surface area contributed by atoms with Crippen LogP contribution in [0.3, 0.4) is 0 Å². The van der Waals surface area contributed by atoms with Gasteiger partial charge in [-0.2, -0.15) is 16.3 Å². The van der Waals surface area contributed by atoms with Gasteiger partial charge in [-0.3, -0.25) is 4.79 Å². The van der Waals surface area contributed by atoms with Gasteiger partial charge < -0.3 is 14.7 Å². The van der Waals surface area contributed by atoms with Crippen molar-refractivity contribution in [2.45, 2.75) is 25.3 Å². The topological polar surface area (TPSA) is 71.3 Å². The fourth-order valence-electron chi connectivity index (χ4n) is 2.73. The van der Waals surface area contributed by atoms with Crippen LogP contribution in [0.1, 0.15) is 17.9 Å². The zero-order valence-corrected chi connectivity index (χ0v) is 16.4. The van der Waals surface area contributed by atoms with Gasteiger partial charge in [-0.15, -0.1) is 0 Å². The highest BCUT2D eigenvalue weighted by Gasteiger charge is 2.15. The molecule has 142 valence electrons. The van der Waals surface area contributed by atoms with Crippen molar-refractivity contribution in [3.05, 3.63) is 58.6 Å². The minimum atomic E-state index is -0.00908. The zero-order chi connectivity index (χ0) is 19.1. The minimum absolute atomic E-state index is 0.00908. The first-order valence-electron chi connectivity index (χ1n) is 8.94. The molecule has 7 heteroatoms. The summed E-state index contributed by atoms with van der Waals surface area (Å²) in [7, 11) is 4.06. The first kappa shape index (κ1) is 19.3. The van der Waals surface area contributed by atoms with E-state index in [2.05, 4.69) is 32.5 Å². The van der Waals surface area contributed by atoms with E-state index in [1.807, 2.05) is 49.1 Å². The van der Waals surface area contributed by atoms with E-state index >= 15 is 0 Å². The number of carbonyl (C=O) groups is 1. The van der Waals surface area contributed by atoms with Crippen LogP contribution >= 0.6 is 11.3 Å². The van der Waals surface area contributed by atoms with Crippen LogP contribution < -0.4 is 5.32 Å². The van der Waals surface area contributed by atoms with Crippen molar-refractivity contribution in [1.29, 1.82) is 0 Å². The Morgan fingerprint density at radius 2 is 2.07 bits per heavy atom. The predicted molar refractivity (Wildman–Crippen MR) is 107 cm³/mol. The number of nitrogens with one attached hydrogen (secondary N) is 1. The Kier molecular flexibility index (Phi) is 6.73. The molecule has 1 N–H and O–H groups in total. The van der Waals surface area contributed by atoms with Crippen LogP contribution in [0, 0.1) is 0 Å². The van der Waals surface area contributed by atoms with E-state index < -0.39 is 0 Å². The highest BCUT2D eigenvalue weighted by molar-refractivity contribution is 7.08. The molecular formula is C20H24N4O2S. The standard InChI is InChI=1S/C20H24N4O2S/c1-24(2)17(12-15-6-4-3-5-7-15)13-21-18(25)8-9-19-22-20(23-26-19)16-10-11-27-14-16/h3-7,10-11,14,17H,8-9,12-13H2,1-2H3,(H,21,25). The van der Waals surface area contributed by atoms with Gasteiger partial charge in [-0.05, 0) is 37.5 Å². The van der Waals surface area contributed by atoms with Gasteiger partial charge in [-0.25, -0.2) is 0 Å². The van der Waals surface area contributed by atoms with Crippen molar-refractivity contribution in [2.24, 2.45) is 0 Å². The van der Waals surface area contributed by atoms with Gasteiger partial charge in [0.05, 0.1) is 0 Å². The molecule has 2 heterocycles. The van der Waals surface area contributed by atoms with Crippen LogP contribution in [0.25, 0.3) is 11.4 Å². The fraction of sp³-hybridized carbons (Fsp3) is 0.350. The summed E-state index contributed by atoms with van der Waals surface area (Å²) in [6, 6.07) is 12.5. The Balaban J connectivity index is 1.45. The smallest absolute Gasteiger partial charge is 0.227 e. The molecule has 2 aromatic heterocycles. The van der Waals surface area contributed by atoms with Gasteiger partial charge in [-0.1, -0.05) is 35.5 Å². The van der Waals surface area contributed by atoms with Crippen LogP contribution in [0.4, 0.5) is 0 Å². The number of aromatic nitrogens is 2. The summed E-state index contributed by atoms with van der Waals surface area (Å²) in [4.78, 5) is 18.7. The molecule has 6 nitrogen and oxygen atoms in total. The zero-order valence-electron chi connectivity index (χ0n) is 15.6. The Morgan fingerprint density at radius 3 is 2.78 bits per heavy atom. The number of nitrogens with zero attached hydrogens (tertiary/aromatic N) is 3. The van der Waals surface area contributed by atoms with Crippen molar-refractivity contribution < 1.29 is 9.32 Å². The van der Waals surface area contributed by atoms with Gasteiger partial charge in [0, 0.05) is 36.4 Å². The number of hydrogen-bond acceptors (Lipinski definition) is 6. The molecule has 1 aromatic carbocycles. The molecule has 3 rings (SSSR count). The lowest BCUT2D eigenvalue weighted by Crippen LogP contribution is -2.41. The second kappa shape index (κ2) is 9.43. The molecule has 0 aliphatic heterocycles. The van der Waals surface area contributed by atoms with Crippen LogP contribution in [0.5, 0.6) is 0 Å². The lowest BCUT2D eigenvalue weighted by Gasteiger charge is -2.24. The van der Waals surface area contributed by atoms with Crippen molar-refractivity contribution in [3.63, 3.8) is 0 Å². The van der Waals surface area contributed by atoms with Gasteiger partial charge in [0.25, 0.3) is 0 Å². The highest BCUT2D eigenvalue weighted by atomic mass is 32.1. The Hall–Kier alpha value is -2.51. The van der Waals surface area contributed by atoms with Crippen LogP contribution in [0.15, 0.2) is 51.7 Å². The summed E-state index contributed by atoms with van der Waals surface area (Å²) in [5.74, 6) is 1.05. The van der Waals surface area contributed by atoms with E-state index in [1.54, 1.807) is 11.3 Å². The van der Waals surface area contributed by atoms with E-state index in [1.165, 1.54) is 5.56 Å². The fourth-order valence-corrected chi connectivity index (χ4v) is 3.36. The molecule has 0 saturated carbocycles. The number of carbonyl (C=O) groups excluding carboxylic acids is 1. The maximum absolute atomic E-state index is 12.2. The third kappa shape index (κ3) is 5.74. The average Bonchev–Trinajstić information content (AvgIpc) is 3.35. The normalized spacial score (nSPS) is 12.3. The van der Waals surface area contributed by atoms with E-state index in [4.69, 9.17) is 4.52 Å². The summed E-state index contributed by atoms with van der Waals surface area (Å²) in [6.07, 6.45) is 1.66. The van der Waals surface area contributed by atoms with Crippen molar-refractivity contribution >= 4 is 17.2 Å². The van der Waals surface area contributed by atoms with E-state index in [-0.39, 0.29) is 11.9 Å². The largest absolute Gasteiger partial charge is 0.355 e. The Labute approximate surface area is 163 Å². The predicted octanol–water partition coefficient (Wildman–Crippen LogP) is 3.02. The summed E-state index contributed by atoms with van der Waals surface area (Å²) in [5.41, 5.74) is 2.20. The molecule has 0 aliphatic rings. The van der Waals surface area contributed by atoms with Crippen molar-refractivity contribution in [2.75, 3.05) is 20.6 Å². The SMILES string of the molecule is CN(C)C(CNC(=O)CCc1nc(-c2ccsc2)no1)Cc1ccccc1. The van der Waals surface area contributed by atoms with Crippen LogP contribution in [0.2, 0.25) is 0 Å². The lowest BCUT2D eigenvalue weighted by atomic mass is 10.1. The van der Waals surface area contributed by atoms with Crippen molar-refractivity contribution in [1.82, 2.24) is 20.4 Å². The van der Waals surface area contributed by atoms with Gasteiger partial charge in [0.15, 0.2) is 0 Å². The number of rotatable bonds is 9. The molecule has 0 aliphatic carbocycles. The Morgan fingerprint density at radius 1 is 1.26 bits per heavy atom. The molecular weight excluding hydrogens is 360 g/mol. The van der Waals surface area contributed by atoms with Gasteiger partial charge in [0.2, 0.25) is 17.6 Å². The molecule has 1 amide bonds. The van der Waals surface area contributed by atoms with Crippen LogP contribution in [-0.2, 0) is 17.6 Å². The molecule has 0 fully saturated rings. The van der Waals surface area contributed by atoms with Crippen LogP contribution in [-0.4, -0.2) is 47.6 Å². The summed E-state index contributed by atoms with van der Waals surface area (Å²) >= 11 is 1.58. The summed E-state index contributed by atoms with van der Waals surface area (Å²) < 4.78 is 5.24. The third-order valence-corrected chi connectivity index (χ3v) is 5.08.